The summed E-state index contributed by atoms with van der Waals surface area (Å²) in [6, 6.07) is 24.5. The Bertz CT molecular complexity index is 1300. The number of hydrogen-bond acceptors (Lipinski definition) is 3. The van der Waals surface area contributed by atoms with E-state index in [2.05, 4.69) is 41.8 Å². The van der Waals surface area contributed by atoms with Gasteiger partial charge in [0.1, 0.15) is 10.8 Å². The maximum absolute atomic E-state index is 10.9. The number of aryl methyl sites for hydroxylation is 1. The number of phenols is 1. The van der Waals surface area contributed by atoms with E-state index in [0.717, 1.165) is 48.9 Å². The predicted octanol–water partition coefficient (Wildman–Crippen LogP) is 6.80. The van der Waals surface area contributed by atoms with E-state index in [4.69, 9.17) is 4.98 Å². The summed E-state index contributed by atoms with van der Waals surface area (Å²) in [5.41, 5.74) is 3.97. The zero-order chi connectivity index (χ0) is 18.4. The molecule has 0 saturated carbocycles. The highest BCUT2D eigenvalue weighted by atomic mass is 32.1. The number of thiazole rings is 1. The van der Waals surface area contributed by atoms with Gasteiger partial charge in [0.2, 0.25) is 0 Å². The van der Waals surface area contributed by atoms with Crippen LogP contribution in [0.4, 0.5) is 0 Å². The number of aromatic nitrogens is 1. The van der Waals surface area contributed by atoms with E-state index in [-0.39, 0.29) is 0 Å². The molecule has 5 aromatic rings. The van der Waals surface area contributed by atoms with Gasteiger partial charge in [-0.25, -0.2) is 4.98 Å². The van der Waals surface area contributed by atoms with Crippen molar-refractivity contribution >= 4 is 32.9 Å². The third-order valence-corrected chi connectivity index (χ3v) is 5.93. The van der Waals surface area contributed by atoms with Gasteiger partial charge in [-0.3, -0.25) is 0 Å². The van der Waals surface area contributed by atoms with Crippen LogP contribution in [0.25, 0.3) is 43.2 Å². The fourth-order valence-electron chi connectivity index (χ4n) is 3.72. The van der Waals surface area contributed by atoms with Crippen LogP contribution in [0.1, 0.15) is 5.69 Å². The van der Waals surface area contributed by atoms with E-state index in [0.29, 0.717) is 5.75 Å². The van der Waals surface area contributed by atoms with E-state index >= 15 is 0 Å². The maximum atomic E-state index is 10.9. The lowest BCUT2D eigenvalue weighted by atomic mass is 9.89. The molecule has 0 spiro atoms. The Morgan fingerprint density at radius 2 is 1.37 bits per heavy atom. The van der Waals surface area contributed by atoms with Gasteiger partial charge in [0, 0.05) is 27.8 Å². The summed E-state index contributed by atoms with van der Waals surface area (Å²) in [6.45, 7) is 2.01. The van der Waals surface area contributed by atoms with E-state index in [9.17, 15) is 5.11 Å². The molecule has 0 aliphatic rings. The Labute approximate surface area is 161 Å². The van der Waals surface area contributed by atoms with Gasteiger partial charge >= 0.3 is 0 Å². The van der Waals surface area contributed by atoms with Crippen molar-refractivity contribution in [2.24, 2.45) is 0 Å². The van der Waals surface area contributed by atoms with Crippen LogP contribution in [0.2, 0.25) is 0 Å². The second-order valence-corrected chi connectivity index (χ2v) is 7.54. The molecule has 130 valence electrons. The molecule has 0 amide bonds. The number of aromatic hydroxyl groups is 1. The maximum Gasteiger partial charge on any atom is 0.124 e. The molecule has 0 fully saturated rings. The summed E-state index contributed by atoms with van der Waals surface area (Å²) in [4.78, 5) is 4.72. The van der Waals surface area contributed by atoms with Gasteiger partial charge in [-0.1, -0.05) is 66.7 Å². The number of fused-ring (bicyclic) bond motifs is 2. The molecule has 5 rings (SSSR count). The lowest BCUT2D eigenvalue weighted by molar-refractivity contribution is 0.478. The van der Waals surface area contributed by atoms with Crippen molar-refractivity contribution in [3.05, 3.63) is 83.9 Å². The SMILES string of the molecule is Cc1csc(-c2ccc3ccccc3c2-c2c(O)ccc3ccccc23)n1. The molecule has 1 aromatic heterocycles. The number of hydrogen-bond donors (Lipinski definition) is 1. The van der Waals surface area contributed by atoms with Gasteiger partial charge in [-0.15, -0.1) is 11.3 Å². The van der Waals surface area contributed by atoms with E-state index in [1.807, 2.05) is 37.3 Å². The minimum absolute atomic E-state index is 0.291. The van der Waals surface area contributed by atoms with Crippen molar-refractivity contribution in [2.75, 3.05) is 0 Å². The zero-order valence-electron chi connectivity index (χ0n) is 14.8. The Hall–Kier alpha value is -3.17. The average Bonchev–Trinajstić information content (AvgIpc) is 3.13. The van der Waals surface area contributed by atoms with Crippen LogP contribution < -0.4 is 0 Å². The molecule has 0 aliphatic carbocycles. The van der Waals surface area contributed by atoms with Crippen LogP contribution >= 0.6 is 11.3 Å². The van der Waals surface area contributed by atoms with Crippen molar-refractivity contribution in [2.45, 2.75) is 6.92 Å². The molecule has 27 heavy (non-hydrogen) atoms. The molecule has 0 radical (unpaired) electrons. The largest absolute Gasteiger partial charge is 0.507 e. The standard InChI is InChI=1S/C24H17NOS/c1-15-14-27-24(25-15)20-12-10-16-6-2-4-8-18(16)22(20)23-19-9-5-3-7-17(19)11-13-21(23)26/h2-14,26H,1H3. The van der Waals surface area contributed by atoms with Crippen LogP contribution in [0, 0.1) is 6.92 Å². The topological polar surface area (TPSA) is 33.1 Å². The summed E-state index contributed by atoms with van der Waals surface area (Å²) in [5.74, 6) is 0.291. The van der Waals surface area contributed by atoms with E-state index in [1.54, 1.807) is 17.4 Å². The van der Waals surface area contributed by atoms with Crippen LogP contribution in [0.15, 0.2) is 78.2 Å². The molecular weight excluding hydrogens is 350 g/mol. The van der Waals surface area contributed by atoms with Crippen molar-refractivity contribution in [1.29, 1.82) is 0 Å². The Balaban J connectivity index is 1.97. The third kappa shape index (κ3) is 2.59. The first kappa shape index (κ1) is 16.0. The van der Waals surface area contributed by atoms with Crippen molar-refractivity contribution in [3.8, 4) is 27.4 Å². The molecule has 0 aliphatic heterocycles. The smallest absolute Gasteiger partial charge is 0.124 e. The lowest BCUT2D eigenvalue weighted by Crippen LogP contribution is -1.90. The summed E-state index contributed by atoms with van der Waals surface area (Å²) < 4.78 is 0. The van der Waals surface area contributed by atoms with E-state index in [1.165, 1.54) is 0 Å². The Morgan fingerprint density at radius 3 is 2.04 bits per heavy atom. The highest BCUT2D eigenvalue weighted by Gasteiger charge is 2.19. The second-order valence-electron chi connectivity index (χ2n) is 6.68. The van der Waals surface area contributed by atoms with Crippen LogP contribution in [0.3, 0.4) is 0 Å². The van der Waals surface area contributed by atoms with Gasteiger partial charge in [0.15, 0.2) is 0 Å². The second kappa shape index (κ2) is 6.22. The summed E-state index contributed by atoms with van der Waals surface area (Å²) >= 11 is 1.64. The third-order valence-electron chi connectivity index (χ3n) is 4.94. The Kier molecular flexibility index (Phi) is 3.69. The molecule has 2 nitrogen and oxygen atoms in total. The van der Waals surface area contributed by atoms with Crippen LogP contribution in [-0.2, 0) is 0 Å². The van der Waals surface area contributed by atoms with Gasteiger partial charge in [-0.05, 0) is 34.5 Å². The first-order valence-electron chi connectivity index (χ1n) is 8.88. The van der Waals surface area contributed by atoms with Gasteiger partial charge in [0.05, 0.1) is 0 Å². The first-order chi connectivity index (χ1) is 13.2. The fraction of sp³-hybridized carbons (Fsp3) is 0.0417. The zero-order valence-corrected chi connectivity index (χ0v) is 15.6. The van der Waals surface area contributed by atoms with Crippen molar-refractivity contribution in [1.82, 2.24) is 4.98 Å². The summed E-state index contributed by atoms with van der Waals surface area (Å²) in [5, 5.41) is 18.3. The molecule has 0 atom stereocenters. The molecular formula is C24H17NOS. The predicted molar refractivity (Wildman–Crippen MR) is 114 cm³/mol. The molecule has 4 aromatic carbocycles. The lowest BCUT2D eigenvalue weighted by Gasteiger charge is -2.16. The number of nitrogens with zero attached hydrogens (tertiary/aromatic N) is 1. The normalized spacial score (nSPS) is 11.3. The molecule has 3 heteroatoms. The summed E-state index contributed by atoms with van der Waals surface area (Å²) in [7, 11) is 0. The quantitative estimate of drug-likeness (QED) is 0.372. The first-order valence-corrected chi connectivity index (χ1v) is 9.76. The molecule has 0 saturated heterocycles. The highest BCUT2D eigenvalue weighted by molar-refractivity contribution is 7.13. The number of benzene rings is 4. The van der Waals surface area contributed by atoms with Gasteiger partial charge in [-0.2, -0.15) is 0 Å². The highest BCUT2D eigenvalue weighted by Crippen LogP contribution is 2.45. The number of phenolic OH excluding ortho intramolecular Hbond substituents is 1. The fourth-order valence-corrected chi connectivity index (χ4v) is 4.55. The van der Waals surface area contributed by atoms with Crippen LogP contribution in [-0.4, -0.2) is 10.1 Å². The molecule has 1 heterocycles. The van der Waals surface area contributed by atoms with Gasteiger partial charge < -0.3 is 5.11 Å². The minimum Gasteiger partial charge on any atom is -0.507 e. The Morgan fingerprint density at radius 1 is 0.741 bits per heavy atom. The average molecular weight is 367 g/mol. The monoisotopic (exact) mass is 367 g/mol. The van der Waals surface area contributed by atoms with Crippen LogP contribution in [0.5, 0.6) is 5.75 Å². The number of rotatable bonds is 2. The van der Waals surface area contributed by atoms with Crippen molar-refractivity contribution < 1.29 is 5.11 Å². The molecule has 0 unspecified atom stereocenters. The van der Waals surface area contributed by atoms with E-state index < -0.39 is 0 Å². The minimum atomic E-state index is 0.291. The summed E-state index contributed by atoms with van der Waals surface area (Å²) in [6.07, 6.45) is 0. The molecule has 1 N–H and O–H groups in total. The van der Waals surface area contributed by atoms with Crippen molar-refractivity contribution in [3.63, 3.8) is 0 Å². The van der Waals surface area contributed by atoms with Gasteiger partial charge in [0.25, 0.3) is 0 Å². The molecule has 0 bridgehead atoms.